The van der Waals surface area contributed by atoms with Crippen molar-refractivity contribution >= 4 is 8.32 Å². The van der Waals surface area contributed by atoms with Gasteiger partial charge in [0.1, 0.15) is 0 Å². The first-order valence-corrected chi connectivity index (χ1v) is 10.2. The van der Waals surface area contributed by atoms with E-state index >= 15 is 0 Å². The molecule has 0 bridgehead atoms. The molecule has 2 rings (SSSR count). The highest BCUT2D eigenvalue weighted by molar-refractivity contribution is 6.74. The van der Waals surface area contributed by atoms with E-state index in [1.807, 2.05) is 18.2 Å². The van der Waals surface area contributed by atoms with Crippen LogP contribution in [-0.2, 0) is 9.26 Å². The Morgan fingerprint density at radius 2 is 1.80 bits per heavy atom. The molecule has 1 aliphatic heterocycles. The molecule has 1 saturated heterocycles. The summed E-state index contributed by atoms with van der Waals surface area (Å²) in [6.07, 6.45) is 0.777. The van der Waals surface area contributed by atoms with E-state index in [1.165, 1.54) is 5.56 Å². The molecular formula is C16H27NO2Si. The van der Waals surface area contributed by atoms with Crippen LogP contribution >= 0.6 is 0 Å². The minimum absolute atomic E-state index is 0.119. The van der Waals surface area contributed by atoms with Gasteiger partial charge in [0.25, 0.3) is 0 Å². The lowest BCUT2D eigenvalue weighted by molar-refractivity contribution is -0.202. The highest BCUT2D eigenvalue weighted by Gasteiger charge is 2.42. The summed E-state index contributed by atoms with van der Waals surface area (Å²) in [5.74, 6) is 0. The minimum Gasteiger partial charge on any atom is -0.391 e. The van der Waals surface area contributed by atoms with Gasteiger partial charge in [-0.05, 0) is 23.7 Å². The van der Waals surface area contributed by atoms with Crippen LogP contribution in [0.5, 0.6) is 0 Å². The fourth-order valence-electron chi connectivity index (χ4n) is 2.23. The zero-order valence-corrected chi connectivity index (χ0v) is 14.5. The summed E-state index contributed by atoms with van der Waals surface area (Å²) in [5, 5.41) is 2.15. The monoisotopic (exact) mass is 293 g/mol. The van der Waals surface area contributed by atoms with E-state index in [0.29, 0.717) is 0 Å². The fourth-order valence-corrected chi connectivity index (χ4v) is 3.38. The zero-order valence-electron chi connectivity index (χ0n) is 13.5. The molecule has 20 heavy (non-hydrogen) atoms. The van der Waals surface area contributed by atoms with E-state index in [9.17, 15) is 0 Å². The lowest BCUT2D eigenvalue weighted by atomic mass is 10.0. The first-order valence-electron chi connectivity index (χ1n) is 7.33. The summed E-state index contributed by atoms with van der Waals surface area (Å²) in [4.78, 5) is 5.91. The van der Waals surface area contributed by atoms with Gasteiger partial charge in [0.2, 0.25) is 0 Å². The van der Waals surface area contributed by atoms with Crippen molar-refractivity contribution in [2.75, 3.05) is 7.05 Å². The van der Waals surface area contributed by atoms with Crippen molar-refractivity contribution in [2.45, 2.75) is 57.7 Å². The summed E-state index contributed by atoms with van der Waals surface area (Å²) in [7, 11) is 0.211. The number of hydrogen-bond acceptors (Lipinski definition) is 3. The van der Waals surface area contributed by atoms with Gasteiger partial charge in [-0.25, -0.2) is 0 Å². The molecular weight excluding hydrogens is 266 g/mol. The molecule has 0 aliphatic carbocycles. The molecule has 112 valence electrons. The minimum atomic E-state index is -1.78. The lowest BCUT2D eigenvalue weighted by Gasteiger charge is -2.37. The highest BCUT2D eigenvalue weighted by Crippen LogP contribution is 2.41. The van der Waals surface area contributed by atoms with Gasteiger partial charge in [0.15, 0.2) is 14.6 Å². The third-order valence-corrected chi connectivity index (χ3v) is 9.02. The summed E-state index contributed by atoms with van der Waals surface area (Å²) >= 11 is 0. The molecule has 0 amide bonds. The molecule has 1 fully saturated rings. The Kier molecular flexibility index (Phi) is 4.40. The largest absolute Gasteiger partial charge is 0.391 e. The third-order valence-electron chi connectivity index (χ3n) is 4.56. The summed E-state index contributed by atoms with van der Waals surface area (Å²) in [6, 6.07) is 10.8. The molecule has 0 radical (unpaired) electrons. The number of hydrogen-bond donors (Lipinski definition) is 0. The topological polar surface area (TPSA) is 21.7 Å². The number of rotatable bonds is 3. The second-order valence-electron chi connectivity index (χ2n) is 7.12. The van der Waals surface area contributed by atoms with Crippen LogP contribution in [0.25, 0.3) is 0 Å². The second kappa shape index (κ2) is 5.60. The highest BCUT2D eigenvalue weighted by atomic mass is 28.4. The maximum Gasteiger partial charge on any atom is 0.195 e. The van der Waals surface area contributed by atoms with E-state index in [-0.39, 0.29) is 17.4 Å². The van der Waals surface area contributed by atoms with Crippen molar-refractivity contribution in [3.8, 4) is 0 Å². The summed E-state index contributed by atoms with van der Waals surface area (Å²) in [5.41, 5.74) is 1.29. The van der Waals surface area contributed by atoms with Crippen molar-refractivity contribution in [3.05, 3.63) is 35.9 Å². The lowest BCUT2D eigenvalue weighted by Crippen LogP contribution is -2.44. The van der Waals surface area contributed by atoms with Crippen molar-refractivity contribution < 1.29 is 9.26 Å². The van der Waals surface area contributed by atoms with Crippen molar-refractivity contribution in [1.82, 2.24) is 5.06 Å². The van der Waals surface area contributed by atoms with Crippen molar-refractivity contribution in [3.63, 3.8) is 0 Å². The van der Waals surface area contributed by atoms with Gasteiger partial charge in [-0.2, -0.15) is 5.06 Å². The Bertz CT molecular complexity index is 442. The van der Waals surface area contributed by atoms with Crippen LogP contribution in [0.15, 0.2) is 30.3 Å². The Morgan fingerprint density at radius 1 is 1.20 bits per heavy atom. The van der Waals surface area contributed by atoms with Crippen LogP contribution < -0.4 is 0 Å². The Balaban J connectivity index is 2.05. The van der Waals surface area contributed by atoms with Crippen LogP contribution in [0.3, 0.4) is 0 Å². The van der Waals surface area contributed by atoms with E-state index in [1.54, 1.807) is 0 Å². The standard InChI is InChI=1S/C16H27NO2Si/c1-16(2,3)20(5,6)19-15-12-14(17(4)18-15)13-10-8-7-9-11-13/h7-11,14-15H,12H2,1-6H3/t14-,15-/m1/s1. The number of benzene rings is 1. The van der Waals surface area contributed by atoms with E-state index < -0.39 is 8.32 Å². The molecule has 1 aliphatic rings. The van der Waals surface area contributed by atoms with Crippen LogP contribution in [-0.4, -0.2) is 26.7 Å². The van der Waals surface area contributed by atoms with Gasteiger partial charge in [0.05, 0.1) is 6.04 Å². The van der Waals surface area contributed by atoms with Crippen molar-refractivity contribution in [2.24, 2.45) is 0 Å². The van der Waals surface area contributed by atoms with Crippen LogP contribution in [0.1, 0.15) is 38.8 Å². The predicted molar refractivity (Wildman–Crippen MR) is 84.7 cm³/mol. The van der Waals surface area contributed by atoms with E-state index in [4.69, 9.17) is 9.26 Å². The second-order valence-corrected chi connectivity index (χ2v) is 11.9. The molecule has 0 aromatic heterocycles. The van der Waals surface area contributed by atoms with Gasteiger partial charge in [-0.15, -0.1) is 0 Å². The number of nitrogens with zero attached hydrogens (tertiary/aromatic N) is 1. The molecule has 0 unspecified atom stereocenters. The smallest absolute Gasteiger partial charge is 0.195 e. The van der Waals surface area contributed by atoms with Gasteiger partial charge < -0.3 is 4.43 Å². The maximum atomic E-state index is 6.36. The molecule has 1 heterocycles. The van der Waals surface area contributed by atoms with Gasteiger partial charge in [-0.3, -0.25) is 4.84 Å². The molecule has 4 heteroatoms. The first-order chi connectivity index (χ1) is 9.21. The first kappa shape index (κ1) is 15.7. The maximum absolute atomic E-state index is 6.36. The zero-order chi connectivity index (χ0) is 15.0. The Hall–Kier alpha value is -0.683. The molecule has 1 aromatic rings. The van der Waals surface area contributed by atoms with E-state index in [2.05, 4.69) is 58.1 Å². The Morgan fingerprint density at radius 3 is 2.35 bits per heavy atom. The van der Waals surface area contributed by atoms with Crippen LogP contribution in [0.2, 0.25) is 18.1 Å². The Labute approximate surface area is 124 Å². The molecule has 1 aromatic carbocycles. The molecule has 0 saturated carbocycles. The van der Waals surface area contributed by atoms with Crippen LogP contribution in [0, 0.1) is 0 Å². The normalized spacial score (nSPS) is 25.1. The SMILES string of the molecule is CN1O[C@H](O[Si](C)(C)C(C)(C)C)C[C@@H]1c1ccccc1. The van der Waals surface area contributed by atoms with Gasteiger partial charge in [0, 0.05) is 13.5 Å². The molecule has 0 spiro atoms. The van der Waals surface area contributed by atoms with Crippen molar-refractivity contribution in [1.29, 1.82) is 0 Å². The summed E-state index contributed by atoms with van der Waals surface area (Å²) < 4.78 is 6.36. The van der Waals surface area contributed by atoms with Crippen LogP contribution in [0.4, 0.5) is 0 Å². The summed E-state index contributed by atoms with van der Waals surface area (Å²) in [6.45, 7) is 11.3. The van der Waals surface area contributed by atoms with Gasteiger partial charge in [-0.1, -0.05) is 51.1 Å². The van der Waals surface area contributed by atoms with E-state index in [0.717, 1.165) is 6.42 Å². The predicted octanol–water partition coefficient (Wildman–Crippen LogP) is 4.34. The fraction of sp³-hybridized carbons (Fsp3) is 0.625. The average molecular weight is 293 g/mol. The molecule has 0 N–H and O–H groups in total. The number of hydroxylamine groups is 2. The molecule has 3 nitrogen and oxygen atoms in total. The molecule has 2 atom stereocenters. The third kappa shape index (κ3) is 3.31. The van der Waals surface area contributed by atoms with Gasteiger partial charge >= 0.3 is 0 Å². The average Bonchev–Trinajstić information content (AvgIpc) is 2.69. The quantitative estimate of drug-likeness (QED) is 0.774.